The summed E-state index contributed by atoms with van der Waals surface area (Å²) >= 11 is 12.3. The van der Waals surface area contributed by atoms with Crippen molar-refractivity contribution in [2.45, 2.75) is 38.8 Å². The van der Waals surface area contributed by atoms with Crippen LogP contribution in [0.5, 0.6) is 0 Å². The molecule has 0 saturated carbocycles. The van der Waals surface area contributed by atoms with Crippen molar-refractivity contribution in [1.82, 2.24) is 0 Å². The molecule has 0 heterocycles. The quantitative estimate of drug-likeness (QED) is 0.431. The summed E-state index contributed by atoms with van der Waals surface area (Å²) in [5.41, 5.74) is 5.35. The van der Waals surface area contributed by atoms with Gasteiger partial charge >= 0.3 is 0 Å². The molecule has 0 bridgehead atoms. The fraction of sp³-hybridized carbons (Fsp3) is 0.250. The van der Waals surface area contributed by atoms with E-state index in [9.17, 15) is 5.11 Å². The van der Waals surface area contributed by atoms with E-state index < -0.39 is 6.10 Å². The summed E-state index contributed by atoms with van der Waals surface area (Å²) in [5.74, 6) is 0. The Morgan fingerprint density at radius 1 is 0.857 bits per heavy atom. The van der Waals surface area contributed by atoms with Crippen LogP contribution < -0.4 is 5.32 Å². The van der Waals surface area contributed by atoms with E-state index >= 15 is 0 Å². The molecule has 0 aliphatic heterocycles. The van der Waals surface area contributed by atoms with Crippen LogP contribution in [0.1, 0.15) is 47.7 Å². The second-order valence-corrected chi connectivity index (χ2v) is 7.90. The summed E-state index contributed by atoms with van der Waals surface area (Å²) in [4.78, 5) is 0. The fourth-order valence-electron chi connectivity index (χ4n) is 3.19. The van der Waals surface area contributed by atoms with Crippen molar-refractivity contribution in [2.75, 3.05) is 5.32 Å². The minimum atomic E-state index is -0.595. The van der Waals surface area contributed by atoms with Crippen molar-refractivity contribution in [3.8, 4) is 0 Å². The summed E-state index contributed by atoms with van der Waals surface area (Å²) in [6, 6.07) is 21.9. The van der Waals surface area contributed by atoms with Crippen LogP contribution in [0.3, 0.4) is 0 Å². The third kappa shape index (κ3) is 5.29. The SMILES string of the molecule is CCc1ccc(NC(CC(O)c2ccc(C)cc2)c2ccc(Cl)c(Cl)c2)cc1. The molecule has 3 aromatic rings. The molecule has 2 nitrogen and oxygen atoms in total. The molecule has 146 valence electrons. The number of benzene rings is 3. The monoisotopic (exact) mass is 413 g/mol. The zero-order valence-corrected chi connectivity index (χ0v) is 17.6. The van der Waals surface area contributed by atoms with Gasteiger partial charge in [0, 0.05) is 12.1 Å². The molecule has 0 saturated heterocycles. The Balaban J connectivity index is 1.86. The molecule has 0 amide bonds. The maximum atomic E-state index is 10.8. The minimum absolute atomic E-state index is 0.112. The highest BCUT2D eigenvalue weighted by Crippen LogP contribution is 2.33. The molecule has 2 unspecified atom stereocenters. The van der Waals surface area contributed by atoms with Gasteiger partial charge in [-0.15, -0.1) is 0 Å². The third-order valence-electron chi connectivity index (χ3n) is 4.97. The summed E-state index contributed by atoms with van der Waals surface area (Å²) in [7, 11) is 0. The van der Waals surface area contributed by atoms with Gasteiger partial charge < -0.3 is 10.4 Å². The normalized spacial score (nSPS) is 13.2. The Kier molecular flexibility index (Phi) is 7.01. The number of nitrogens with one attached hydrogen (secondary N) is 1. The van der Waals surface area contributed by atoms with E-state index in [1.54, 1.807) is 6.07 Å². The van der Waals surface area contributed by atoms with Crippen LogP contribution >= 0.6 is 23.2 Å². The van der Waals surface area contributed by atoms with Crippen LogP contribution in [0, 0.1) is 6.92 Å². The highest BCUT2D eigenvalue weighted by molar-refractivity contribution is 6.42. The first-order valence-corrected chi connectivity index (χ1v) is 10.3. The number of hydrogen-bond donors (Lipinski definition) is 2. The second kappa shape index (κ2) is 9.47. The number of rotatable bonds is 7. The lowest BCUT2D eigenvalue weighted by Crippen LogP contribution is -2.15. The molecular weight excluding hydrogens is 389 g/mol. The van der Waals surface area contributed by atoms with E-state index in [1.165, 1.54) is 11.1 Å². The van der Waals surface area contributed by atoms with Crippen molar-refractivity contribution >= 4 is 28.9 Å². The van der Waals surface area contributed by atoms with Crippen LogP contribution in [-0.2, 0) is 6.42 Å². The van der Waals surface area contributed by atoms with E-state index in [2.05, 4.69) is 36.5 Å². The smallest absolute Gasteiger partial charge is 0.0812 e. The molecular formula is C24H25Cl2NO. The maximum absolute atomic E-state index is 10.8. The largest absolute Gasteiger partial charge is 0.388 e. The standard InChI is InChI=1S/C24H25Cl2NO/c1-3-17-6-11-20(12-7-17)27-23(19-10-13-21(25)22(26)14-19)15-24(28)18-8-4-16(2)5-9-18/h4-14,23-24,27-28H,3,15H2,1-2H3. The summed E-state index contributed by atoms with van der Waals surface area (Å²) in [6.07, 6.45) is 0.918. The van der Waals surface area contributed by atoms with Gasteiger partial charge in [0.2, 0.25) is 0 Å². The van der Waals surface area contributed by atoms with E-state index in [0.29, 0.717) is 16.5 Å². The summed E-state index contributed by atoms with van der Waals surface area (Å²) in [6.45, 7) is 4.18. The lowest BCUT2D eigenvalue weighted by Gasteiger charge is -2.24. The van der Waals surface area contributed by atoms with Gasteiger partial charge in [0.25, 0.3) is 0 Å². The Labute approximate surface area is 177 Å². The van der Waals surface area contributed by atoms with Crippen molar-refractivity contribution in [3.05, 3.63) is 99.0 Å². The highest BCUT2D eigenvalue weighted by atomic mass is 35.5. The van der Waals surface area contributed by atoms with Crippen molar-refractivity contribution in [1.29, 1.82) is 0 Å². The average Bonchev–Trinajstić information content (AvgIpc) is 2.70. The lowest BCUT2D eigenvalue weighted by atomic mass is 9.96. The topological polar surface area (TPSA) is 32.3 Å². The molecule has 0 aromatic heterocycles. The number of aliphatic hydroxyl groups is 1. The van der Waals surface area contributed by atoms with E-state index in [0.717, 1.165) is 23.2 Å². The molecule has 0 fully saturated rings. The molecule has 0 spiro atoms. The Morgan fingerprint density at radius 2 is 1.50 bits per heavy atom. The second-order valence-electron chi connectivity index (χ2n) is 7.08. The van der Waals surface area contributed by atoms with Gasteiger partial charge in [-0.1, -0.05) is 78.2 Å². The predicted molar refractivity (Wildman–Crippen MR) is 119 cm³/mol. The highest BCUT2D eigenvalue weighted by Gasteiger charge is 2.19. The van der Waals surface area contributed by atoms with Crippen LogP contribution in [0.2, 0.25) is 10.0 Å². The van der Waals surface area contributed by atoms with Crippen LogP contribution in [0.4, 0.5) is 5.69 Å². The van der Waals surface area contributed by atoms with Gasteiger partial charge in [-0.05, 0) is 54.3 Å². The van der Waals surface area contributed by atoms with Crippen LogP contribution in [0.15, 0.2) is 66.7 Å². The molecule has 2 atom stereocenters. The minimum Gasteiger partial charge on any atom is -0.388 e. The number of halogens is 2. The average molecular weight is 414 g/mol. The molecule has 0 aliphatic rings. The molecule has 2 N–H and O–H groups in total. The fourth-order valence-corrected chi connectivity index (χ4v) is 3.50. The lowest BCUT2D eigenvalue weighted by molar-refractivity contribution is 0.160. The Hall–Kier alpha value is -2.00. The molecule has 3 aromatic carbocycles. The first-order valence-electron chi connectivity index (χ1n) is 9.51. The van der Waals surface area contributed by atoms with Gasteiger partial charge in [0.15, 0.2) is 0 Å². The Bertz CT molecular complexity index is 907. The zero-order chi connectivity index (χ0) is 20.1. The number of aliphatic hydroxyl groups excluding tert-OH is 1. The maximum Gasteiger partial charge on any atom is 0.0812 e. The molecule has 4 heteroatoms. The van der Waals surface area contributed by atoms with Gasteiger partial charge in [0.05, 0.1) is 22.2 Å². The molecule has 28 heavy (non-hydrogen) atoms. The predicted octanol–water partition coefficient (Wildman–Crippen LogP) is 7.14. The van der Waals surface area contributed by atoms with Crippen molar-refractivity contribution in [3.63, 3.8) is 0 Å². The molecule has 0 radical (unpaired) electrons. The first-order chi connectivity index (χ1) is 13.5. The first kappa shape index (κ1) is 20.7. The zero-order valence-electron chi connectivity index (χ0n) is 16.1. The third-order valence-corrected chi connectivity index (χ3v) is 5.71. The van der Waals surface area contributed by atoms with Crippen LogP contribution in [0.25, 0.3) is 0 Å². The Morgan fingerprint density at radius 3 is 2.11 bits per heavy atom. The van der Waals surface area contributed by atoms with Crippen LogP contribution in [-0.4, -0.2) is 5.11 Å². The number of anilines is 1. The van der Waals surface area contributed by atoms with Crippen molar-refractivity contribution < 1.29 is 5.11 Å². The number of aryl methyl sites for hydroxylation is 2. The van der Waals surface area contributed by atoms with Gasteiger partial charge in [0.1, 0.15) is 0 Å². The van der Waals surface area contributed by atoms with E-state index in [-0.39, 0.29) is 6.04 Å². The summed E-state index contributed by atoms with van der Waals surface area (Å²) in [5, 5.41) is 15.4. The molecule has 3 rings (SSSR count). The van der Waals surface area contributed by atoms with Gasteiger partial charge in [-0.25, -0.2) is 0 Å². The van der Waals surface area contributed by atoms with Gasteiger partial charge in [-0.3, -0.25) is 0 Å². The van der Waals surface area contributed by atoms with Gasteiger partial charge in [-0.2, -0.15) is 0 Å². The van der Waals surface area contributed by atoms with Crippen molar-refractivity contribution in [2.24, 2.45) is 0 Å². The molecule has 0 aliphatic carbocycles. The van der Waals surface area contributed by atoms with E-state index in [1.807, 2.05) is 43.3 Å². The summed E-state index contributed by atoms with van der Waals surface area (Å²) < 4.78 is 0. The number of hydrogen-bond acceptors (Lipinski definition) is 2. The van der Waals surface area contributed by atoms with E-state index in [4.69, 9.17) is 23.2 Å².